The normalized spacial score (nSPS) is 21.6. The number of ether oxygens (including phenoxy) is 1. The van der Waals surface area contributed by atoms with E-state index in [0.717, 1.165) is 53.6 Å². The van der Waals surface area contributed by atoms with Crippen molar-refractivity contribution in [3.05, 3.63) is 82.2 Å². The van der Waals surface area contributed by atoms with E-state index in [-0.39, 0.29) is 18.2 Å². The van der Waals surface area contributed by atoms with Crippen molar-refractivity contribution >= 4 is 29.3 Å². The summed E-state index contributed by atoms with van der Waals surface area (Å²) >= 11 is 6.57. The summed E-state index contributed by atoms with van der Waals surface area (Å²) in [5.74, 6) is 0. The molecule has 6 rings (SSSR count). The molecule has 210 valence electrons. The second-order valence-corrected chi connectivity index (χ2v) is 11.7. The summed E-state index contributed by atoms with van der Waals surface area (Å²) in [5, 5.41) is 12.6. The zero-order chi connectivity index (χ0) is 27.9. The molecule has 40 heavy (non-hydrogen) atoms. The van der Waals surface area contributed by atoms with E-state index in [1.807, 2.05) is 59.1 Å². The smallest absolute Gasteiger partial charge is 0.410 e. The number of carbonyl (C=O) groups excluding carboxylic acids is 1. The van der Waals surface area contributed by atoms with Crippen molar-refractivity contribution in [2.24, 2.45) is 7.05 Å². The molecule has 2 atom stereocenters. The van der Waals surface area contributed by atoms with Gasteiger partial charge in [-0.2, -0.15) is 0 Å². The van der Waals surface area contributed by atoms with Crippen molar-refractivity contribution in [1.82, 2.24) is 24.3 Å². The number of hydrogen-bond donors (Lipinski definition) is 1. The third-order valence-electron chi connectivity index (χ3n) is 8.63. The van der Waals surface area contributed by atoms with Crippen LogP contribution in [0.4, 0.5) is 4.79 Å². The minimum absolute atomic E-state index is 0.0468. The quantitative estimate of drug-likeness (QED) is 0.459. The molecule has 2 fully saturated rings. The standard InChI is InChI=1S/C31H36ClN5O3/c1-31(39,27-19-33-20-35(27)2)26-17-21-7-6-12-34-28(21)29(24-11-10-22(32)18-25(24)26)36-13-15-37(16-14-36)30(38)40-23-8-4-3-5-9-23/h6-7,10-12,17-20,23,29,39H,3-5,8-9,13-16H2,1-2H3/t29-,31?/m0/s1. The van der Waals surface area contributed by atoms with E-state index in [4.69, 9.17) is 21.3 Å². The molecule has 1 unspecified atom stereocenters. The summed E-state index contributed by atoms with van der Waals surface area (Å²) in [4.78, 5) is 26.3. The maximum absolute atomic E-state index is 12.9. The van der Waals surface area contributed by atoms with Crippen molar-refractivity contribution in [3.8, 4) is 0 Å². The number of nitrogens with zero attached hydrogens (tertiary/aromatic N) is 5. The summed E-state index contributed by atoms with van der Waals surface area (Å²) in [5.41, 5.74) is 3.83. The van der Waals surface area contributed by atoms with Gasteiger partial charge in [0.2, 0.25) is 0 Å². The second kappa shape index (κ2) is 11.0. The molecule has 1 N–H and O–H groups in total. The lowest BCUT2D eigenvalue weighted by molar-refractivity contribution is 0.0292. The lowest BCUT2D eigenvalue weighted by Gasteiger charge is -2.40. The highest BCUT2D eigenvalue weighted by Gasteiger charge is 2.39. The summed E-state index contributed by atoms with van der Waals surface area (Å²) in [6, 6.07) is 9.67. The van der Waals surface area contributed by atoms with Crippen LogP contribution in [0.5, 0.6) is 0 Å². The number of aliphatic hydroxyl groups is 1. The number of piperazine rings is 1. The maximum atomic E-state index is 12.9. The zero-order valence-corrected chi connectivity index (χ0v) is 23.8. The molecule has 0 spiro atoms. The summed E-state index contributed by atoms with van der Waals surface area (Å²) in [7, 11) is 1.88. The van der Waals surface area contributed by atoms with Crippen LogP contribution in [0, 0.1) is 0 Å². The van der Waals surface area contributed by atoms with E-state index < -0.39 is 5.60 Å². The minimum atomic E-state index is -1.34. The fourth-order valence-electron chi connectivity index (χ4n) is 6.46. The first-order valence-corrected chi connectivity index (χ1v) is 14.6. The molecule has 0 radical (unpaired) electrons. The molecule has 2 aromatic heterocycles. The van der Waals surface area contributed by atoms with Gasteiger partial charge in [0.1, 0.15) is 11.7 Å². The number of aromatic nitrogens is 3. The first kappa shape index (κ1) is 27.0. The third-order valence-corrected chi connectivity index (χ3v) is 8.86. The van der Waals surface area contributed by atoms with Gasteiger partial charge in [0.05, 0.1) is 30.0 Å². The molecule has 9 heteroatoms. The van der Waals surface area contributed by atoms with Crippen LogP contribution >= 0.6 is 11.6 Å². The van der Waals surface area contributed by atoms with E-state index in [2.05, 4.69) is 9.88 Å². The molecular formula is C31H36ClN5O3. The zero-order valence-electron chi connectivity index (χ0n) is 23.1. The average Bonchev–Trinajstić information content (AvgIpc) is 3.34. The maximum Gasteiger partial charge on any atom is 0.410 e. The Kier molecular flexibility index (Phi) is 7.42. The summed E-state index contributed by atoms with van der Waals surface area (Å²) < 4.78 is 7.69. The number of benzene rings is 1. The van der Waals surface area contributed by atoms with Gasteiger partial charge in [-0.05, 0) is 79.1 Å². The number of imidazole rings is 1. The van der Waals surface area contributed by atoms with Crippen LogP contribution in [0.25, 0.3) is 11.6 Å². The Labute approximate surface area is 240 Å². The number of carbonyl (C=O) groups is 1. The lowest BCUT2D eigenvalue weighted by Crippen LogP contribution is -2.50. The monoisotopic (exact) mass is 561 g/mol. The molecule has 1 saturated carbocycles. The number of pyridine rings is 1. The number of aryl methyl sites for hydroxylation is 1. The van der Waals surface area contributed by atoms with Gasteiger partial charge in [0.15, 0.2) is 0 Å². The predicted octanol–water partition coefficient (Wildman–Crippen LogP) is 5.41. The number of halogens is 1. The second-order valence-electron chi connectivity index (χ2n) is 11.3. The SMILES string of the molecule is Cn1cncc1C(C)(O)C1=Cc2cccnc2[C@@H](N2CCN(C(=O)OC3CCCCC3)CC2)c2ccc(Cl)cc21. The largest absolute Gasteiger partial charge is 0.446 e. The van der Waals surface area contributed by atoms with E-state index in [0.29, 0.717) is 36.9 Å². The topological polar surface area (TPSA) is 83.7 Å². The van der Waals surface area contributed by atoms with Crippen LogP contribution in [0.15, 0.2) is 49.1 Å². The molecule has 1 aliphatic heterocycles. The van der Waals surface area contributed by atoms with Crippen molar-refractivity contribution in [2.75, 3.05) is 26.2 Å². The first-order valence-electron chi connectivity index (χ1n) is 14.2. The molecule has 1 amide bonds. The highest BCUT2D eigenvalue weighted by Crippen LogP contribution is 2.46. The van der Waals surface area contributed by atoms with E-state index >= 15 is 0 Å². The Morgan fingerprint density at radius 2 is 1.90 bits per heavy atom. The van der Waals surface area contributed by atoms with Crippen molar-refractivity contribution in [2.45, 2.75) is 56.8 Å². The molecule has 0 bridgehead atoms. The minimum Gasteiger partial charge on any atom is -0.446 e. The number of amides is 1. The first-order chi connectivity index (χ1) is 19.3. The van der Waals surface area contributed by atoms with Gasteiger partial charge in [-0.15, -0.1) is 0 Å². The number of rotatable bonds is 4. The van der Waals surface area contributed by atoms with Crippen LogP contribution in [0.1, 0.15) is 73.1 Å². The van der Waals surface area contributed by atoms with Gasteiger partial charge in [0.25, 0.3) is 0 Å². The molecule has 3 aromatic rings. The summed E-state index contributed by atoms with van der Waals surface area (Å²) in [6.45, 7) is 4.32. The Balaban J connectivity index is 1.33. The summed E-state index contributed by atoms with van der Waals surface area (Å²) in [6.07, 6.45) is 12.5. The highest BCUT2D eigenvalue weighted by atomic mass is 35.5. The Morgan fingerprint density at radius 3 is 2.62 bits per heavy atom. The van der Waals surface area contributed by atoms with Gasteiger partial charge in [-0.25, -0.2) is 9.78 Å². The van der Waals surface area contributed by atoms with Gasteiger partial charge >= 0.3 is 6.09 Å². The molecule has 3 aliphatic rings. The Bertz CT molecular complexity index is 1420. The van der Waals surface area contributed by atoms with E-state index in [9.17, 15) is 9.90 Å². The average molecular weight is 562 g/mol. The molecule has 2 aliphatic carbocycles. The van der Waals surface area contributed by atoms with Crippen molar-refractivity contribution in [3.63, 3.8) is 0 Å². The Morgan fingerprint density at radius 1 is 1.12 bits per heavy atom. The van der Waals surface area contributed by atoms with Gasteiger partial charge in [-0.3, -0.25) is 9.88 Å². The fraction of sp³-hybridized carbons (Fsp3) is 0.452. The van der Waals surface area contributed by atoms with Crippen molar-refractivity contribution < 1.29 is 14.6 Å². The van der Waals surface area contributed by atoms with Crippen LogP contribution in [0.2, 0.25) is 5.02 Å². The van der Waals surface area contributed by atoms with Crippen LogP contribution in [0.3, 0.4) is 0 Å². The number of fused-ring (bicyclic) bond motifs is 2. The number of hydrogen-bond acceptors (Lipinski definition) is 6. The fourth-order valence-corrected chi connectivity index (χ4v) is 6.63. The van der Waals surface area contributed by atoms with Crippen LogP contribution in [-0.2, 0) is 17.4 Å². The van der Waals surface area contributed by atoms with E-state index in [1.165, 1.54) is 6.42 Å². The van der Waals surface area contributed by atoms with E-state index in [1.54, 1.807) is 19.4 Å². The molecule has 3 heterocycles. The molecular weight excluding hydrogens is 526 g/mol. The molecule has 8 nitrogen and oxygen atoms in total. The molecule has 1 saturated heterocycles. The third kappa shape index (κ3) is 5.04. The highest BCUT2D eigenvalue weighted by molar-refractivity contribution is 6.30. The van der Waals surface area contributed by atoms with Crippen molar-refractivity contribution in [1.29, 1.82) is 0 Å². The van der Waals surface area contributed by atoms with Gasteiger partial charge in [0, 0.05) is 44.4 Å². The Hall–Kier alpha value is -3.20. The predicted molar refractivity (Wildman–Crippen MR) is 155 cm³/mol. The van der Waals surface area contributed by atoms with Crippen LogP contribution in [-0.4, -0.2) is 67.8 Å². The van der Waals surface area contributed by atoms with Gasteiger partial charge in [-0.1, -0.05) is 30.2 Å². The lowest BCUT2D eigenvalue weighted by atomic mass is 9.84. The van der Waals surface area contributed by atoms with Crippen LogP contribution < -0.4 is 0 Å². The van der Waals surface area contributed by atoms with Gasteiger partial charge < -0.3 is 19.3 Å². The molecule has 1 aromatic carbocycles.